The molecule has 1 aromatic carbocycles. The topological polar surface area (TPSA) is 70.6 Å². The van der Waals surface area contributed by atoms with Crippen molar-refractivity contribution >= 4 is 29.9 Å². The Morgan fingerprint density at radius 3 is 2.65 bits per heavy atom. The molecule has 0 amide bonds. The number of nitrogens with two attached hydrogens (primary N) is 1. The molecule has 112 valence electrons. The van der Waals surface area contributed by atoms with Gasteiger partial charge in [-0.1, -0.05) is 36.4 Å². The number of halogens is 1. The van der Waals surface area contributed by atoms with Crippen LogP contribution in [0.4, 0.5) is 0 Å². The second-order valence-corrected chi connectivity index (χ2v) is 4.59. The molecule has 2 atom stereocenters. The Morgan fingerprint density at radius 2 is 2.10 bits per heavy atom. The van der Waals surface area contributed by atoms with Gasteiger partial charge in [-0.2, -0.15) is 0 Å². The smallest absolute Gasteiger partial charge is 0.188 e. The number of benzene rings is 1. The summed E-state index contributed by atoms with van der Waals surface area (Å²) in [6.07, 6.45) is 2.04. The van der Waals surface area contributed by atoms with E-state index >= 15 is 0 Å². The maximum absolute atomic E-state index is 9.58. The zero-order chi connectivity index (χ0) is 14.1. The van der Waals surface area contributed by atoms with Gasteiger partial charge in [0.15, 0.2) is 5.96 Å². The summed E-state index contributed by atoms with van der Waals surface area (Å²) in [5.74, 6) is 0.580. The third-order valence-electron chi connectivity index (χ3n) is 2.81. The van der Waals surface area contributed by atoms with Crippen molar-refractivity contribution in [2.24, 2.45) is 10.7 Å². The second-order valence-electron chi connectivity index (χ2n) is 4.59. The average Bonchev–Trinajstić information content (AvgIpc) is 2.41. The Balaban J connectivity index is 0.00000361. The molecule has 0 aliphatic heterocycles. The number of aliphatic imine (C=N–C) groups is 1. The van der Waals surface area contributed by atoms with Crippen molar-refractivity contribution in [3.05, 3.63) is 48.6 Å². The van der Waals surface area contributed by atoms with Crippen LogP contribution in [0.5, 0.6) is 0 Å². The van der Waals surface area contributed by atoms with Gasteiger partial charge in [0.05, 0.1) is 6.10 Å². The van der Waals surface area contributed by atoms with Gasteiger partial charge < -0.3 is 16.2 Å². The van der Waals surface area contributed by atoms with Crippen LogP contribution in [-0.2, 0) is 0 Å². The molecule has 0 aromatic heterocycles. The van der Waals surface area contributed by atoms with Gasteiger partial charge in [0, 0.05) is 19.0 Å². The van der Waals surface area contributed by atoms with E-state index in [1.165, 1.54) is 5.56 Å². The van der Waals surface area contributed by atoms with Crippen LogP contribution in [0, 0.1) is 0 Å². The molecule has 0 radical (unpaired) electrons. The van der Waals surface area contributed by atoms with Gasteiger partial charge >= 0.3 is 0 Å². The monoisotopic (exact) mass is 389 g/mol. The molecule has 1 aromatic rings. The fourth-order valence-corrected chi connectivity index (χ4v) is 1.89. The van der Waals surface area contributed by atoms with Crippen molar-refractivity contribution in [3.8, 4) is 0 Å². The maximum atomic E-state index is 9.58. The van der Waals surface area contributed by atoms with Crippen LogP contribution < -0.4 is 11.1 Å². The fourth-order valence-electron chi connectivity index (χ4n) is 1.89. The van der Waals surface area contributed by atoms with Gasteiger partial charge in [-0.25, -0.2) is 0 Å². The predicted molar refractivity (Wildman–Crippen MR) is 95.6 cm³/mol. The standard InChI is InChI=1S/C15H23N3O.HI/c1-3-9-17-15(16)18-11-14(10-12(2)19)13-7-5-4-6-8-13;/h3-8,12,14,19H,1,9-11H2,2H3,(H3,16,17,18);1H. The van der Waals surface area contributed by atoms with Crippen LogP contribution in [0.15, 0.2) is 48.0 Å². The summed E-state index contributed by atoms with van der Waals surface area (Å²) in [5.41, 5.74) is 6.92. The minimum Gasteiger partial charge on any atom is -0.393 e. The molecule has 0 fully saturated rings. The Kier molecular flexibility index (Phi) is 10.1. The minimum absolute atomic E-state index is 0. The Labute approximate surface area is 138 Å². The van der Waals surface area contributed by atoms with E-state index in [1.807, 2.05) is 18.2 Å². The maximum Gasteiger partial charge on any atom is 0.188 e. The lowest BCUT2D eigenvalue weighted by atomic mass is 9.93. The average molecular weight is 389 g/mol. The largest absolute Gasteiger partial charge is 0.393 e. The molecule has 4 N–H and O–H groups in total. The number of guanidine groups is 1. The van der Waals surface area contributed by atoms with Crippen LogP contribution >= 0.6 is 24.0 Å². The Hall–Kier alpha value is -1.08. The zero-order valence-electron chi connectivity index (χ0n) is 11.8. The van der Waals surface area contributed by atoms with Gasteiger partial charge in [0.2, 0.25) is 0 Å². The molecule has 0 saturated carbocycles. The molecule has 0 saturated heterocycles. The number of hydrogen-bond acceptors (Lipinski definition) is 2. The van der Waals surface area contributed by atoms with Gasteiger partial charge in [-0.3, -0.25) is 4.99 Å². The third-order valence-corrected chi connectivity index (χ3v) is 2.81. The van der Waals surface area contributed by atoms with Crippen LogP contribution in [0.25, 0.3) is 0 Å². The quantitative estimate of drug-likeness (QED) is 0.290. The summed E-state index contributed by atoms with van der Waals surface area (Å²) < 4.78 is 0. The summed E-state index contributed by atoms with van der Waals surface area (Å²) in [4.78, 5) is 4.32. The van der Waals surface area contributed by atoms with E-state index in [1.54, 1.807) is 13.0 Å². The van der Waals surface area contributed by atoms with Crippen molar-refractivity contribution < 1.29 is 5.11 Å². The first-order chi connectivity index (χ1) is 9.13. The van der Waals surface area contributed by atoms with Crippen molar-refractivity contribution in [2.75, 3.05) is 13.1 Å². The van der Waals surface area contributed by atoms with E-state index in [2.05, 4.69) is 29.0 Å². The number of aliphatic hydroxyl groups is 1. The van der Waals surface area contributed by atoms with E-state index < -0.39 is 0 Å². The van der Waals surface area contributed by atoms with E-state index in [-0.39, 0.29) is 36.0 Å². The molecule has 20 heavy (non-hydrogen) atoms. The van der Waals surface area contributed by atoms with Crippen molar-refractivity contribution in [1.82, 2.24) is 5.32 Å². The van der Waals surface area contributed by atoms with Crippen LogP contribution in [-0.4, -0.2) is 30.3 Å². The zero-order valence-corrected chi connectivity index (χ0v) is 14.2. The first-order valence-corrected chi connectivity index (χ1v) is 6.51. The molecular formula is C15H24IN3O. The lowest BCUT2D eigenvalue weighted by Gasteiger charge is -2.17. The molecule has 0 bridgehead atoms. The number of nitrogens with zero attached hydrogens (tertiary/aromatic N) is 1. The highest BCUT2D eigenvalue weighted by molar-refractivity contribution is 14.0. The van der Waals surface area contributed by atoms with Gasteiger partial charge in [0.1, 0.15) is 0 Å². The number of aliphatic hydroxyl groups excluding tert-OH is 1. The first-order valence-electron chi connectivity index (χ1n) is 6.51. The summed E-state index contributed by atoms with van der Waals surface area (Å²) in [5, 5.41) is 12.5. The van der Waals surface area contributed by atoms with Crippen LogP contribution in [0.1, 0.15) is 24.8 Å². The molecule has 4 nitrogen and oxygen atoms in total. The molecule has 0 aliphatic rings. The fraction of sp³-hybridized carbons (Fsp3) is 0.400. The van der Waals surface area contributed by atoms with E-state index in [0.29, 0.717) is 25.5 Å². The van der Waals surface area contributed by atoms with Gasteiger partial charge in [-0.15, -0.1) is 30.6 Å². The lowest BCUT2D eigenvalue weighted by Crippen LogP contribution is -2.32. The third kappa shape index (κ3) is 7.49. The molecule has 0 aliphatic carbocycles. The van der Waals surface area contributed by atoms with E-state index in [4.69, 9.17) is 5.73 Å². The molecule has 0 heterocycles. The molecule has 1 rings (SSSR count). The van der Waals surface area contributed by atoms with Crippen molar-refractivity contribution in [2.45, 2.75) is 25.4 Å². The van der Waals surface area contributed by atoms with Crippen molar-refractivity contribution in [3.63, 3.8) is 0 Å². The highest BCUT2D eigenvalue weighted by atomic mass is 127. The first kappa shape index (κ1) is 18.9. The summed E-state index contributed by atoms with van der Waals surface area (Å²) in [6.45, 7) is 6.56. The van der Waals surface area contributed by atoms with Crippen LogP contribution in [0.2, 0.25) is 0 Å². The van der Waals surface area contributed by atoms with E-state index in [0.717, 1.165) is 0 Å². The predicted octanol–water partition coefficient (Wildman–Crippen LogP) is 2.25. The minimum atomic E-state index is -0.359. The van der Waals surface area contributed by atoms with Crippen LogP contribution in [0.3, 0.4) is 0 Å². The van der Waals surface area contributed by atoms with Gasteiger partial charge in [-0.05, 0) is 18.9 Å². The summed E-state index contributed by atoms with van der Waals surface area (Å²) >= 11 is 0. The Bertz CT molecular complexity index is 407. The second kappa shape index (κ2) is 10.7. The van der Waals surface area contributed by atoms with Gasteiger partial charge in [0.25, 0.3) is 0 Å². The van der Waals surface area contributed by atoms with Crippen molar-refractivity contribution in [1.29, 1.82) is 0 Å². The summed E-state index contributed by atoms with van der Waals surface area (Å²) in [7, 11) is 0. The highest BCUT2D eigenvalue weighted by Crippen LogP contribution is 2.21. The van der Waals surface area contributed by atoms with E-state index in [9.17, 15) is 5.11 Å². The normalized spacial score (nSPS) is 14.0. The Morgan fingerprint density at radius 1 is 1.45 bits per heavy atom. The molecular weight excluding hydrogens is 365 g/mol. The number of hydrogen-bond donors (Lipinski definition) is 3. The number of rotatable bonds is 7. The molecule has 5 heteroatoms. The molecule has 2 unspecified atom stereocenters. The highest BCUT2D eigenvalue weighted by Gasteiger charge is 2.13. The molecule has 0 spiro atoms. The SMILES string of the molecule is C=CCNC(N)=NCC(CC(C)O)c1ccccc1.I. The number of nitrogens with one attached hydrogen (secondary N) is 1. The lowest BCUT2D eigenvalue weighted by molar-refractivity contribution is 0.175. The summed E-state index contributed by atoms with van der Waals surface area (Å²) in [6, 6.07) is 10.1.